The molecule has 2 aromatic rings. The molecular weight excluding hydrogens is 413 g/mol. The maximum atomic E-state index is 12.6. The average Bonchev–Trinajstić information content (AvgIpc) is 2.65. The van der Waals surface area contributed by atoms with Crippen molar-refractivity contribution in [3.8, 4) is 5.75 Å². The normalized spacial score (nSPS) is 11.3. The van der Waals surface area contributed by atoms with Crippen LogP contribution in [0.5, 0.6) is 5.75 Å². The number of hydrogen-bond acceptors (Lipinski definition) is 5. The topological polar surface area (TPSA) is 77.5 Å². The zero-order chi connectivity index (χ0) is 21.6. The maximum absolute atomic E-state index is 12.6. The van der Waals surface area contributed by atoms with E-state index in [9.17, 15) is 22.8 Å². The minimum Gasteiger partial charge on any atom is -0.493 e. The minimum absolute atomic E-state index is 0.185. The third-order valence-corrected chi connectivity index (χ3v) is 3.70. The molecule has 2 rings (SSSR count). The molecule has 0 spiro atoms. The molecule has 0 radical (unpaired) electrons. The predicted molar refractivity (Wildman–Crippen MR) is 99.9 cm³/mol. The van der Waals surface area contributed by atoms with Gasteiger partial charge in [0.05, 0.1) is 22.8 Å². The van der Waals surface area contributed by atoms with Gasteiger partial charge in [0.2, 0.25) is 0 Å². The number of carbonyl (C=O) groups is 2. The second-order valence-corrected chi connectivity index (χ2v) is 6.82. The first-order valence-corrected chi connectivity index (χ1v) is 8.86. The van der Waals surface area contributed by atoms with Crippen molar-refractivity contribution < 1.29 is 32.2 Å². The molecule has 1 heterocycles. The van der Waals surface area contributed by atoms with E-state index in [1.54, 1.807) is 12.1 Å². The van der Waals surface area contributed by atoms with Crippen LogP contribution in [0.3, 0.4) is 0 Å². The van der Waals surface area contributed by atoms with Crippen LogP contribution in [0.4, 0.5) is 19.0 Å². The van der Waals surface area contributed by atoms with Crippen LogP contribution in [0.25, 0.3) is 0 Å². The Morgan fingerprint density at radius 1 is 1.24 bits per heavy atom. The number of carbonyl (C=O) groups excluding carboxylic acids is 2. The molecule has 0 aliphatic rings. The number of anilines is 1. The summed E-state index contributed by atoms with van der Waals surface area (Å²) in [5.41, 5.74) is -0.865. The second-order valence-electron chi connectivity index (χ2n) is 6.41. The number of nitrogens with zero attached hydrogens (tertiary/aromatic N) is 1. The first-order valence-electron chi connectivity index (χ1n) is 8.49. The molecule has 0 bridgehead atoms. The fourth-order valence-corrected chi connectivity index (χ4v) is 2.26. The lowest BCUT2D eigenvalue weighted by Gasteiger charge is -2.11. The van der Waals surface area contributed by atoms with Crippen LogP contribution in [-0.2, 0) is 15.7 Å². The summed E-state index contributed by atoms with van der Waals surface area (Å²) in [6, 6.07) is 6.91. The molecule has 1 N–H and O–H groups in total. The third kappa shape index (κ3) is 6.94. The highest BCUT2D eigenvalue weighted by molar-refractivity contribution is 6.33. The minimum atomic E-state index is -4.61. The Kier molecular flexibility index (Phi) is 7.44. The number of halogens is 4. The number of aromatic nitrogens is 1. The van der Waals surface area contributed by atoms with Crippen molar-refractivity contribution >= 4 is 29.3 Å². The molecule has 1 aromatic carbocycles. The predicted octanol–water partition coefficient (Wildman–Crippen LogP) is 4.58. The number of pyridine rings is 1. The Labute approximate surface area is 170 Å². The summed E-state index contributed by atoms with van der Waals surface area (Å²) in [7, 11) is 0. The molecular formula is C19H18ClF3N2O4. The number of benzene rings is 1. The number of ether oxygens (including phenoxy) is 2. The standard InChI is InChI=1S/C19H18ClF3N2O4/c1-11(2)9-28-14-5-3-4-12(6-14)18(27)29-10-16(26)25-17-15(20)7-13(8-24-17)19(21,22)23/h3-8,11H,9-10H2,1-2H3,(H,24,25,26). The van der Waals surface area contributed by atoms with Gasteiger partial charge in [-0.3, -0.25) is 4.79 Å². The van der Waals surface area contributed by atoms with Crippen LogP contribution in [0, 0.1) is 5.92 Å². The molecule has 0 aliphatic heterocycles. The lowest BCUT2D eigenvalue weighted by molar-refractivity contribution is -0.137. The highest BCUT2D eigenvalue weighted by Gasteiger charge is 2.31. The van der Waals surface area contributed by atoms with Crippen molar-refractivity contribution in [2.75, 3.05) is 18.5 Å². The largest absolute Gasteiger partial charge is 0.493 e. The zero-order valence-electron chi connectivity index (χ0n) is 15.5. The van der Waals surface area contributed by atoms with E-state index in [4.69, 9.17) is 21.1 Å². The molecule has 0 unspecified atom stereocenters. The smallest absolute Gasteiger partial charge is 0.417 e. The van der Waals surface area contributed by atoms with Crippen LogP contribution < -0.4 is 10.1 Å². The van der Waals surface area contributed by atoms with E-state index >= 15 is 0 Å². The van der Waals surface area contributed by atoms with E-state index in [2.05, 4.69) is 10.3 Å². The fraction of sp³-hybridized carbons (Fsp3) is 0.316. The maximum Gasteiger partial charge on any atom is 0.417 e. The summed E-state index contributed by atoms with van der Waals surface area (Å²) in [6.45, 7) is 3.76. The van der Waals surface area contributed by atoms with E-state index in [0.717, 1.165) is 0 Å². The summed E-state index contributed by atoms with van der Waals surface area (Å²) in [5.74, 6) is -1.05. The lowest BCUT2D eigenvalue weighted by atomic mass is 10.2. The first-order chi connectivity index (χ1) is 13.6. The number of alkyl halides is 3. The van der Waals surface area contributed by atoms with Crippen molar-refractivity contribution in [1.29, 1.82) is 0 Å². The van der Waals surface area contributed by atoms with Crippen LogP contribution in [0.1, 0.15) is 29.8 Å². The highest BCUT2D eigenvalue weighted by atomic mass is 35.5. The molecule has 0 saturated carbocycles. The van der Waals surface area contributed by atoms with E-state index in [1.165, 1.54) is 12.1 Å². The number of amides is 1. The van der Waals surface area contributed by atoms with Crippen LogP contribution in [0.15, 0.2) is 36.5 Å². The van der Waals surface area contributed by atoms with Gasteiger partial charge in [0, 0.05) is 6.20 Å². The summed E-state index contributed by atoms with van der Waals surface area (Å²) in [4.78, 5) is 27.5. The van der Waals surface area contributed by atoms with Crippen LogP contribution >= 0.6 is 11.6 Å². The van der Waals surface area contributed by atoms with Crippen LogP contribution in [0.2, 0.25) is 5.02 Å². The molecule has 10 heteroatoms. The van der Waals surface area contributed by atoms with Gasteiger partial charge < -0.3 is 14.8 Å². The Morgan fingerprint density at radius 3 is 2.59 bits per heavy atom. The van der Waals surface area contributed by atoms with Crippen molar-refractivity contribution in [3.63, 3.8) is 0 Å². The molecule has 0 atom stereocenters. The van der Waals surface area contributed by atoms with Gasteiger partial charge in [-0.05, 0) is 30.2 Å². The van der Waals surface area contributed by atoms with Crippen molar-refractivity contribution in [2.45, 2.75) is 20.0 Å². The molecule has 0 aliphatic carbocycles. The second kappa shape index (κ2) is 9.60. The van der Waals surface area contributed by atoms with Gasteiger partial charge in [0.15, 0.2) is 12.4 Å². The average molecular weight is 431 g/mol. The van der Waals surface area contributed by atoms with E-state index in [1.807, 2.05) is 13.8 Å². The molecule has 1 aromatic heterocycles. The van der Waals surface area contributed by atoms with Gasteiger partial charge in [-0.2, -0.15) is 13.2 Å². The number of hydrogen-bond donors (Lipinski definition) is 1. The number of rotatable bonds is 7. The monoisotopic (exact) mass is 430 g/mol. The highest BCUT2D eigenvalue weighted by Crippen LogP contribution is 2.32. The van der Waals surface area contributed by atoms with Gasteiger partial charge in [-0.25, -0.2) is 9.78 Å². The van der Waals surface area contributed by atoms with E-state index in [0.29, 0.717) is 30.5 Å². The zero-order valence-corrected chi connectivity index (χ0v) is 16.3. The van der Waals surface area contributed by atoms with Crippen LogP contribution in [-0.4, -0.2) is 30.1 Å². The van der Waals surface area contributed by atoms with Gasteiger partial charge in [-0.1, -0.05) is 31.5 Å². The quantitative estimate of drug-likeness (QED) is 0.650. The summed E-state index contributed by atoms with van der Waals surface area (Å²) in [6.07, 6.45) is -4.07. The fourth-order valence-electron chi connectivity index (χ4n) is 2.04. The van der Waals surface area contributed by atoms with Gasteiger partial charge in [0.25, 0.3) is 5.91 Å². The Balaban J connectivity index is 1.92. The third-order valence-electron chi connectivity index (χ3n) is 3.41. The number of esters is 1. The molecule has 0 saturated heterocycles. The van der Waals surface area contributed by atoms with Crippen molar-refractivity contribution in [1.82, 2.24) is 4.98 Å². The Morgan fingerprint density at radius 2 is 1.97 bits per heavy atom. The SMILES string of the molecule is CC(C)COc1cccc(C(=O)OCC(=O)Nc2ncc(C(F)(F)F)cc2Cl)c1. The molecule has 0 fully saturated rings. The Bertz CT molecular complexity index is 888. The summed E-state index contributed by atoms with van der Waals surface area (Å²) in [5, 5.41) is 1.79. The van der Waals surface area contributed by atoms with E-state index < -0.39 is 35.2 Å². The molecule has 1 amide bonds. The molecule has 6 nitrogen and oxygen atoms in total. The first kappa shape index (κ1) is 22.5. The van der Waals surface area contributed by atoms with Gasteiger partial charge in [-0.15, -0.1) is 0 Å². The number of nitrogens with one attached hydrogen (secondary N) is 1. The summed E-state index contributed by atoms with van der Waals surface area (Å²) >= 11 is 5.71. The van der Waals surface area contributed by atoms with Gasteiger partial charge >= 0.3 is 12.1 Å². The Hall–Kier alpha value is -2.81. The summed E-state index contributed by atoms with van der Waals surface area (Å²) < 4.78 is 48.2. The molecule has 156 valence electrons. The van der Waals surface area contributed by atoms with Crippen molar-refractivity contribution in [3.05, 3.63) is 52.7 Å². The lowest BCUT2D eigenvalue weighted by Crippen LogP contribution is -2.22. The van der Waals surface area contributed by atoms with E-state index in [-0.39, 0.29) is 11.4 Å². The van der Waals surface area contributed by atoms with Crippen molar-refractivity contribution in [2.24, 2.45) is 5.92 Å². The molecule has 29 heavy (non-hydrogen) atoms. The van der Waals surface area contributed by atoms with Gasteiger partial charge in [0.1, 0.15) is 5.75 Å².